The second-order valence-corrected chi connectivity index (χ2v) is 6.21. The van der Waals surface area contributed by atoms with Gasteiger partial charge in [-0.25, -0.2) is 4.98 Å². The molecule has 2 aliphatic rings. The van der Waals surface area contributed by atoms with Gasteiger partial charge in [-0.2, -0.15) is 4.98 Å². The molecule has 0 unspecified atom stereocenters. The van der Waals surface area contributed by atoms with Gasteiger partial charge in [-0.1, -0.05) is 12.1 Å². The van der Waals surface area contributed by atoms with Gasteiger partial charge in [0.15, 0.2) is 0 Å². The predicted molar refractivity (Wildman–Crippen MR) is 81.6 cm³/mol. The third-order valence-electron chi connectivity index (χ3n) is 4.25. The number of hydrogen-bond donors (Lipinski definition) is 1. The number of nitrogens with zero attached hydrogens (tertiary/aromatic N) is 3. The predicted octanol–water partition coefficient (Wildman–Crippen LogP) is 2.84. The number of hydrogen-bond acceptors (Lipinski definition) is 4. The zero-order chi connectivity index (χ0) is 13.5. The number of nitrogen functional groups attached to an aromatic ring is 1. The summed E-state index contributed by atoms with van der Waals surface area (Å²) in [5, 5.41) is 1.13. The lowest BCUT2D eigenvalue weighted by Gasteiger charge is -2.25. The van der Waals surface area contributed by atoms with E-state index in [9.17, 15) is 0 Å². The first-order chi connectivity index (χ1) is 9.79. The summed E-state index contributed by atoms with van der Waals surface area (Å²) in [4.78, 5) is 11.4. The highest BCUT2D eigenvalue weighted by molar-refractivity contribution is 5.90. The molecular formula is C16H20N4. The molecule has 20 heavy (non-hydrogen) atoms. The van der Waals surface area contributed by atoms with Gasteiger partial charge in [-0.15, -0.1) is 0 Å². The van der Waals surface area contributed by atoms with Crippen molar-refractivity contribution in [1.82, 2.24) is 9.97 Å². The zero-order valence-corrected chi connectivity index (χ0v) is 11.6. The smallest absolute Gasteiger partial charge is 0.222 e. The van der Waals surface area contributed by atoms with Gasteiger partial charge in [0.25, 0.3) is 0 Å². The lowest BCUT2D eigenvalue weighted by atomic mass is 10.2. The van der Waals surface area contributed by atoms with Crippen LogP contribution in [0.15, 0.2) is 24.3 Å². The fraction of sp³-hybridized carbons (Fsp3) is 0.500. The molecule has 0 saturated heterocycles. The van der Waals surface area contributed by atoms with Crippen molar-refractivity contribution in [1.29, 1.82) is 0 Å². The van der Waals surface area contributed by atoms with Gasteiger partial charge in [0.2, 0.25) is 5.95 Å². The summed E-state index contributed by atoms with van der Waals surface area (Å²) in [7, 11) is 0. The summed E-state index contributed by atoms with van der Waals surface area (Å²) in [5.74, 6) is 3.12. The number of aromatic nitrogens is 2. The maximum atomic E-state index is 5.91. The summed E-state index contributed by atoms with van der Waals surface area (Å²) < 4.78 is 0. The van der Waals surface area contributed by atoms with Crippen LogP contribution in [0.5, 0.6) is 0 Å². The van der Waals surface area contributed by atoms with Crippen LogP contribution in [0.4, 0.5) is 11.8 Å². The van der Waals surface area contributed by atoms with E-state index in [1.165, 1.54) is 25.7 Å². The maximum Gasteiger partial charge on any atom is 0.222 e. The Hall–Kier alpha value is -1.84. The highest BCUT2D eigenvalue weighted by atomic mass is 15.2. The van der Waals surface area contributed by atoms with E-state index in [4.69, 9.17) is 5.73 Å². The van der Waals surface area contributed by atoms with Crippen LogP contribution in [-0.2, 0) is 0 Å². The van der Waals surface area contributed by atoms with Crippen LogP contribution in [0.1, 0.15) is 25.7 Å². The van der Waals surface area contributed by atoms with Gasteiger partial charge in [0.1, 0.15) is 5.82 Å². The monoisotopic (exact) mass is 268 g/mol. The number of para-hydroxylation sites is 1. The first kappa shape index (κ1) is 11.9. The van der Waals surface area contributed by atoms with Crippen molar-refractivity contribution in [2.75, 3.05) is 23.7 Å². The van der Waals surface area contributed by atoms with Gasteiger partial charge < -0.3 is 10.6 Å². The molecule has 0 spiro atoms. The summed E-state index contributed by atoms with van der Waals surface area (Å²) in [6.45, 7) is 2.24. The molecule has 0 amide bonds. The minimum Gasteiger partial charge on any atom is -0.368 e. The Morgan fingerprint density at radius 2 is 1.65 bits per heavy atom. The molecule has 2 saturated carbocycles. The van der Waals surface area contributed by atoms with E-state index in [2.05, 4.69) is 27.0 Å². The zero-order valence-electron chi connectivity index (χ0n) is 11.6. The third kappa shape index (κ3) is 2.42. The van der Waals surface area contributed by atoms with Crippen molar-refractivity contribution in [3.63, 3.8) is 0 Å². The van der Waals surface area contributed by atoms with E-state index in [-0.39, 0.29) is 0 Å². The molecule has 1 aromatic carbocycles. The topological polar surface area (TPSA) is 55.0 Å². The van der Waals surface area contributed by atoms with Crippen molar-refractivity contribution in [3.8, 4) is 0 Å². The third-order valence-corrected chi connectivity index (χ3v) is 4.25. The van der Waals surface area contributed by atoms with Gasteiger partial charge >= 0.3 is 0 Å². The van der Waals surface area contributed by atoms with Crippen molar-refractivity contribution in [2.45, 2.75) is 25.7 Å². The Bertz CT molecular complexity index is 617. The summed E-state index contributed by atoms with van der Waals surface area (Å²) >= 11 is 0. The van der Waals surface area contributed by atoms with E-state index in [1.807, 2.05) is 12.1 Å². The van der Waals surface area contributed by atoms with Gasteiger partial charge in [-0.3, -0.25) is 0 Å². The molecule has 0 bridgehead atoms. The second kappa shape index (κ2) is 4.62. The van der Waals surface area contributed by atoms with Crippen LogP contribution < -0.4 is 10.6 Å². The highest BCUT2D eigenvalue weighted by Gasteiger charge is 2.30. The first-order valence-electron chi connectivity index (χ1n) is 7.57. The van der Waals surface area contributed by atoms with Crippen LogP contribution in [0, 0.1) is 11.8 Å². The molecule has 4 rings (SSSR count). The molecule has 2 N–H and O–H groups in total. The average Bonchev–Trinajstić information content (AvgIpc) is 3.32. The molecule has 1 heterocycles. The molecule has 104 valence electrons. The standard InChI is InChI=1S/C16H20N4/c17-16-18-14-4-2-1-3-13(14)15(19-16)20(9-11-5-6-11)10-12-7-8-12/h1-4,11-12H,5-10H2,(H2,17,18,19). The minimum absolute atomic E-state index is 0.385. The van der Waals surface area contributed by atoms with Crippen LogP contribution in [0.3, 0.4) is 0 Å². The Kier molecular flexibility index (Phi) is 2.76. The highest BCUT2D eigenvalue weighted by Crippen LogP contribution is 2.37. The summed E-state index contributed by atoms with van der Waals surface area (Å²) in [5.41, 5.74) is 6.86. The summed E-state index contributed by atoms with van der Waals surface area (Å²) in [6, 6.07) is 8.18. The fourth-order valence-electron chi connectivity index (χ4n) is 2.79. The average molecular weight is 268 g/mol. The Labute approximate surface area is 119 Å². The molecule has 2 fully saturated rings. The Balaban J connectivity index is 1.75. The van der Waals surface area contributed by atoms with E-state index >= 15 is 0 Å². The van der Waals surface area contributed by atoms with Gasteiger partial charge in [0.05, 0.1) is 5.52 Å². The Morgan fingerprint density at radius 3 is 2.30 bits per heavy atom. The lowest BCUT2D eigenvalue weighted by molar-refractivity contribution is 0.674. The van der Waals surface area contributed by atoms with Crippen molar-refractivity contribution in [3.05, 3.63) is 24.3 Å². The molecule has 2 aromatic rings. The molecule has 2 aliphatic carbocycles. The fourth-order valence-corrected chi connectivity index (χ4v) is 2.79. The molecular weight excluding hydrogens is 248 g/mol. The number of anilines is 2. The number of nitrogens with two attached hydrogens (primary N) is 1. The number of rotatable bonds is 5. The van der Waals surface area contributed by atoms with Crippen LogP contribution in [0.25, 0.3) is 10.9 Å². The van der Waals surface area contributed by atoms with Crippen LogP contribution in [0.2, 0.25) is 0 Å². The molecule has 4 heteroatoms. The van der Waals surface area contributed by atoms with Crippen molar-refractivity contribution in [2.24, 2.45) is 11.8 Å². The largest absolute Gasteiger partial charge is 0.368 e. The van der Waals surface area contributed by atoms with Crippen LogP contribution >= 0.6 is 0 Å². The van der Waals surface area contributed by atoms with Gasteiger partial charge in [0, 0.05) is 18.5 Å². The maximum absolute atomic E-state index is 5.91. The van der Waals surface area contributed by atoms with Crippen molar-refractivity contribution < 1.29 is 0 Å². The quantitative estimate of drug-likeness (QED) is 0.906. The van der Waals surface area contributed by atoms with E-state index in [1.54, 1.807) is 0 Å². The van der Waals surface area contributed by atoms with E-state index in [0.29, 0.717) is 5.95 Å². The molecule has 0 atom stereocenters. The van der Waals surface area contributed by atoms with Gasteiger partial charge in [-0.05, 0) is 49.7 Å². The normalized spacial score (nSPS) is 18.4. The van der Waals surface area contributed by atoms with E-state index in [0.717, 1.165) is 41.6 Å². The van der Waals surface area contributed by atoms with E-state index < -0.39 is 0 Å². The Morgan fingerprint density at radius 1 is 1.00 bits per heavy atom. The van der Waals surface area contributed by atoms with Crippen molar-refractivity contribution >= 4 is 22.7 Å². The molecule has 1 aromatic heterocycles. The summed E-state index contributed by atoms with van der Waals surface area (Å²) in [6.07, 6.45) is 5.44. The number of benzene rings is 1. The lowest BCUT2D eigenvalue weighted by Crippen LogP contribution is -2.29. The number of fused-ring (bicyclic) bond motifs is 1. The molecule has 0 aliphatic heterocycles. The minimum atomic E-state index is 0.385. The molecule has 4 nitrogen and oxygen atoms in total. The SMILES string of the molecule is Nc1nc(N(CC2CC2)CC2CC2)c2ccccc2n1. The second-order valence-electron chi connectivity index (χ2n) is 6.21. The molecule has 0 radical (unpaired) electrons. The van der Waals surface area contributed by atoms with Crippen LogP contribution in [-0.4, -0.2) is 23.1 Å². The first-order valence-corrected chi connectivity index (χ1v) is 7.57.